The summed E-state index contributed by atoms with van der Waals surface area (Å²) >= 11 is 1.85. The lowest BCUT2D eigenvalue weighted by atomic mass is 9.98. The minimum atomic E-state index is 0.643. The van der Waals surface area contributed by atoms with Crippen molar-refractivity contribution in [3.8, 4) is 56.4 Å². The van der Waals surface area contributed by atoms with Crippen molar-refractivity contribution < 1.29 is 0 Å². The third-order valence-corrected chi connectivity index (χ3v) is 11.6. The highest BCUT2D eigenvalue weighted by atomic mass is 32.1. The molecule has 11 aromatic rings. The zero-order valence-electron chi connectivity index (χ0n) is 29.0. The Hall–Kier alpha value is -6.95. The minimum Gasteiger partial charge on any atom is -0.299 e. The summed E-state index contributed by atoms with van der Waals surface area (Å²) < 4.78 is 3.70. The molecule has 0 aliphatic rings. The van der Waals surface area contributed by atoms with Crippen LogP contribution in [0.1, 0.15) is 0 Å². The van der Waals surface area contributed by atoms with Gasteiger partial charge >= 0.3 is 0 Å². The molecule has 8 aromatic carbocycles. The average Bonchev–Trinajstić information content (AvgIpc) is 3.78. The molecule has 0 bridgehead atoms. The summed E-state index contributed by atoms with van der Waals surface area (Å²) in [7, 11) is 0. The highest BCUT2D eigenvalue weighted by molar-refractivity contribution is 7.24. The molecule has 54 heavy (non-hydrogen) atoms. The van der Waals surface area contributed by atoms with Crippen LogP contribution in [0.3, 0.4) is 0 Å². The Morgan fingerprint density at radius 3 is 1.56 bits per heavy atom. The summed E-state index contributed by atoms with van der Waals surface area (Å²) in [6.45, 7) is 0. The van der Waals surface area contributed by atoms with Crippen molar-refractivity contribution in [1.29, 1.82) is 0 Å². The number of rotatable bonds is 5. The van der Waals surface area contributed by atoms with E-state index in [4.69, 9.17) is 15.0 Å². The standard InChI is InChI=1S/C49H30N4S/c1-3-12-35-29-39(26-22-31(35)10-1)47-50-46(51-48(52-47)40-27-23-32-11-2-4-13-36(32)30-40)34-24-20-33(21-25-34)37-14-9-15-38(28-37)45-41-16-5-6-17-42(41)53-43-18-7-8-19-44(43)54-49(45)53/h1-30H. The van der Waals surface area contributed by atoms with Gasteiger partial charge in [0.1, 0.15) is 4.83 Å². The number of thiazole rings is 1. The normalized spacial score (nSPS) is 11.7. The van der Waals surface area contributed by atoms with E-state index in [-0.39, 0.29) is 0 Å². The van der Waals surface area contributed by atoms with Gasteiger partial charge in [0.05, 0.1) is 15.7 Å². The van der Waals surface area contributed by atoms with Crippen LogP contribution >= 0.6 is 11.3 Å². The predicted octanol–water partition coefficient (Wildman–Crippen LogP) is 13.1. The SMILES string of the molecule is c1cc(-c2ccc(-c3nc(-c4ccc5ccccc5c4)nc(-c4ccc5ccccc5c4)n3)cc2)cc(-c2c3ccccc3n3c2sc2ccccc23)c1. The molecule has 0 amide bonds. The van der Waals surface area contributed by atoms with Crippen molar-refractivity contribution in [3.05, 3.63) is 182 Å². The van der Waals surface area contributed by atoms with Crippen LogP contribution in [0.5, 0.6) is 0 Å². The number of hydrogen-bond acceptors (Lipinski definition) is 4. The number of benzene rings is 8. The van der Waals surface area contributed by atoms with Gasteiger partial charge in [0.15, 0.2) is 17.5 Å². The van der Waals surface area contributed by atoms with Crippen molar-refractivity contribution >= 4 is 58.8 Å². The Labute approximate surface area is 315 Å². The van der Waals surface area contributed by atoms with Gasteiger partial charge in [-0.05, 0) is 74.6 Å². The van der Waals surface area contributed by atoms with Gasteiger partial charge in [-0.1, -0.05) is 146 Å². The number of para-hydroxylation sites is 2. The molecule has 0 aliphatic carbocycles. The smallest absolute Gasteiger partial charge is 0.164 e. The zero-order valence-corrected chi connectivity index (χ0v) is 29.8. The molecule has 0 saturated carbocycles. The second kappa shape index (κ2) is 12.3. The van der Waals surface area contributed by atoms with Crippen molar-refractivity contribution in [3.63, 3.8) is 0 Å². The van der Waals surface area contributed by atoms with Crippen molar-refractivity contribution in [2.24, 2.45) is 0 Å². The molecular formula is C49H30N4S. The number of hydrogen-bond donors (Lipinski definition) is 0. The first kappa shape index (κ1) is 30.7. The van der Waals surface area contributed by atoms with Gasteiger partial charge in [-0.25, -0.2) is 15.0 Å². The lowest BCUT2D eigenvalue weighted by molar-refractivity contribution is 1.08. The fourth-order valence-electron chi connectivity index (χ4n) is 7.75. The first-order chi connectivity index (χ1) is 26.7. The monoisotopic (exact) mass is 706 g/mol. The molecule has 0 aliphatic heterocycles. The molecule has 11 rings (SSSR count). The van der Waals surface area contributed by atoms with Crippen LogP contribution in [0.25, 0.3) is 104 Å². The fraction of sp³-hybridized carbons (Fsp3) is 0. The van der Waals surface area contributed by atoms with Gasteiger partial charge in [-0.3, -0.25) is 4.40 Å². The van der Waals surface area contributed by atoms with E-state index in [9.17, 15) is 0 Å². The van der Waals surface area contributed by atoms with Crippen LogP contribution in [0.15, 0.2) is 182 Å². The summed E-state index contributed by atoms with van der Waals surface area (Å²) in [5.74, 6) is 1.94. The van der Waals surface area contributed by atoms with Gasteiger partial charge in [0.2, 0.25) is 0 Å². The third kappa shape index (κ3) is 5.09. The van der Waals surface area contributed by atoms with Gasteiger partial charge in [-0.15, -0.1) is 11.3 Å². The van der Waals surface area contributed by atoms with Crippen LogP contribution in [0.4, 0.5) is 0 Å². The summed E-state index contributed by atoms with van der Waals surface area (Å²) in [4.78, 5) is 16.5. The Balaban J connectivity index is 1.01. The molecule has 252 valence electrons. The fourth-order valence-corrected chi connectivity index (χ4v) is 8.99. The first-order valence-corrected chi connectivity index (χ1v) is 18.9. The van der Waals surface area contributed by atoms with Crippen molar-refractivity contribution in [2.75, 3.05) is 0 Å². The summed E-state index contributed by atoms with van der Waals surface area (Å²) in [5, 5.41) is 5.93. The molecule has 0 fully saturated rings. The summed E-state index contributed by atoms with van der Waals surface area (Å²) in [6.07, 6.45) is 0. The van der Waals surface area contributed by atoms with Gasteiger partial charge < -0.3 is 0 Å². The third-order valence-electron chi connectivity index (χ3n) is 10.4. The summed E-state index contributed by atoms with van der Waals surface area (Å²) in [6, 6.07) is 64.5. The lowest BCUT2D eigenvalue weighted by Gasteiger charge is -2.11. The van der Waals surface area contributed by atoms with Gasteiger partial charge in [-0.2, -0.15) is 0 Å². The molecule has 0 atom stereocenters. The predicted molar refractivity (Wildman–Crippen MR) is 226 cm³/mol. The maximum atomic E-state index is 5.07. The maximum absolute atomic E-state index is 5.07. The minimum absolute atomic E-state index is 0.643. The van der Waals surface area contributed by atoms with Crippen LogP contribution in [-0.4, -0.2) is 19.4 Å². The van der Waals surface area contributed by atoms with E-state index in [1.807, 2.05) is 11.3 Å². The van der Waals surface area contributed by atoms with E-state index in [1.165, 1.54) is 47.8 Å². The van der Waals surface area contributed by atoms with E-state index in [0.717, 1.165) is 38.6 Å². The molecule has 5 heteroatoms. The quantitative estimate of drug-likeness (QED) is 0.179. The molecule has 0 N–H and O–H groups in total. The maximum Gasteiger partial charge on any atom is 0.164 e. The second-order valence-corrected chi connectivity index (χ2v) is 14.7. The molecular weight excluding hydrogens is 677 g/mol. The van der Waals surface area contributed by atoms with Gasteiger partial charge in [0, 0.05) is 27.6 Å². The molecule has 3 aromatic heterocycles. The number of nitrogens with zero attached hydrogens (tertiary/aromatic N) is 4. The van der Waals surface area contributed by atoms with E-state index < -0.39 is 0 Å². The van der Waals surface area contributed by atoms with Crippen molar-refractivity contribution in [2.45, 2.75) is 0 Å². The largest absolute Gasteiger partial charge is 0.299 e. The van der Waals surface area contributed by atoms with E-state index >= 15 is 0 Å². The number of aromatic nitrogens is 4. The summed E-state index contributed by atoms with van der Waals surface area (Å²) in [5.41, 5.74) is 10.1. The van der Waals surface area contributed by atoms with Crippen LogP contribution in [-0.2, 0) is 0 Å². The van der Waals surface area contributed by atoms with Crippen LogP contribution < -0.4 is 0 Å². The Morgan fingerprint density at radius 2 is 0.870 bits per heavy atom. The van der Waals surface area contributed by atoms with Crippen LogP contribution in [0, 0.1) is 0 Å². The Morgan fingerprint density at radius 1 is 0.352 bits per heavy atom. The Bertz CT molecular complexity index is 3130. The van der Waals surface area contributed by atoms with Crippen molar-refractivity contribution in [1.82, 2.24) is 19.4 Å². The Kier molecular flexibility index (Phi) is 7.00. The lowest BCUT2D eigenvalue weighted by Crippen LogP contribution is -2.00. The molecule has 3 heterocycles. The molecule has 0 spiro atoms. The highest BCUT2D eigenvalue weighted by Crippen LogP contribution is 2.43. The molecule has 0 unspecified atom stereocenters. The zero-order chi connectivity index (χ0) is 35.6. The van der Waals surface area contributed by atoms with E-state index in [2.05, 4.69) is 186 Å². The number of fused-ring (bicyclic) bond motifs is 7. The molecule has 4 nitrogen and oxygen atoms in total. The topological polar surface area (TPSA) is 43.1 Å². The second-order valence-electron chi connectivity index (χ2n) is 13.7. The van der Waals surface area contributed by atoms with E-state index in [1.54, 1.807) is 0 Å². The first-order valence-electron chi connectivity index (χ1n) is 18.1. The van der Waals surface area contributed by atoms with Gasteiger partial charge in [0.25, 0.3) is 0 Å². The average molecular weight is 707 g/mol. The van der Waals surface area contributed by atoms with Crippen LogP contribution in [0.2, 0.25) is 0 Å². The molecule has 0 saturated heterocycles. The molecule has 0 radical (unpaired) electrons. The van der Waals surface area contributed by atoms with E-state index in [0.29, 0.717) is 17.5 Å². The highest BCUT2D eigenvalue weighted by Gasteiger charge is 2.19.